The van der Waals surface area contributed by atoms with Crippen molar-refractivity contribution in [3.63, 3.8) is 0 Å². The third-order valence-corrected chi connectivity index (χ3v) is 4.84. The molecule has 0 spiro atoms. The number of nitrogens with one attached hydrogen (secondary N) is 1. The van der Waals surface area contributed by atoms with Crippen LogP contribution in [0.5, 0.6) is 0 Å². The molecule has 0 unspecified atom stereocenters. The number of rotatable bonds is 5. The van der Waals surface area contributed by atoms with Gasteiger partial charge in [-0.2, -0.15) is 0 Å². The molecule has 0 aliphatic rings. The summed E-state index contributed by atoms with van der Waals surface area (Å²) in [6, 6.07) is 24.1. The van der Waals surface area contributed by atoms with Crippen LogP contribution in [0.4, 0.5) is 5.69 Å². The zero-order chi connectivity index (χ0) is 18.5. The molecule has 3 aromatic carbocycles. The molecular weight excluding hydrogens is 437 g/mol. The molecule has 1 N–H and O–H groups in total. The van der Waals surface area contributed by atoms with Crippen LogP contribution >= 0.6 is 22.6 Å². The Hall–Kier alpha value is -2.47. The summed E-state index contributed by atoms with van der Waals surface area (Å²) < 4.78 is 1.06. The summed E-state index contributed by atoms with van der Waals surface area (Å²) in [6.45, 7) is 1.84. The highest BCUT2D eigenvalue weighted by Crippen LogP contribution is 2.21. The Kier molecular flexibility index (Phi) is 5.83. The lowest BCUT2D eigenvalue weighted by molar-refractivity contribution is -0.117. The normalized spacial score (nSPS) is 11.6. The lowest BCUT2D eigenvalue weighted by Crippen LogP contribution is -2.19. The van der Waals surface area contributed by atoms with E-state index in [1.807, 2.05) is 61.5 Å². The quantitative estimate of drug-likeness (QED) is 0.421. The van der Waals surface area contributed by atoms with Gasteiger partial charge in [0, 0.05) is 20.4 Å². The van der Waals surface area contributed by atoms with Crippen molar-refractivity contribution >= 4 is 40.0 Å². The minimum Gasteiger partial charge on any atom is -0.326 e. The summed E-state index contributed by atoms with van der Waals surface area (Å²) in [5, 5.41) is 2.93. The minimum absolute atomic E-state index is 0.0438. The second-order valence-electron chi connectivity index (χ2n) is 6.04. The fraction of sp³-hybridized carbons (Fsp3) is 0.0909. The summed E-state index contributed by atoms with van der Waals surface area (Å²) >= 11 is 2.21. The van der Waals surface area contributed by atoms with Crippen LogP contribution in [0.3, 0.4) is 0 Å². The van der Waals surface area contributed by atoms with E-state index in [0.717, 1.165) is 14.8 Å². The standard InChI is InChI=1S/C22H18INO2/c1-15(22(26)24-20-12-6-11-19(23)14-20)17-9-5-10-18(13-17)21(25)16-7-3-2-4-8-16/h2-15H,1H3,(H,24,26)/t15-/m0/s1. The molecule has 26 heavy (non-hydrogen) atoms. The van der Waals surface area contributed by atoms with Crippen molar-refractivity contribution in [2.45, 2.75) is 12.8 Å². The molecular formula is C22H18INO2. The number of hydrogen-bond acceptors (Lipinski definition) is 2. The number of carbonyl (C=O) groups excluding carboxylic acids is 2. The first-order valence-electron chi connectivity index (χ1n) is 8.31. The van der Waals surface area contributed by atoms with Gasteiger partial charge in [0.25, 0.3) is 0 Å². The zero-order valence-corrected chi connectivity index (χ0v) is 16.4. The van der Waals surface area contributed by atoms with Crippen molar-refractivity contribution in [2.75, 3.05) is 5.32 Å². The maximum Gasteiger partial charge on any atom is 0.231 e. The van der Waals surface area contributed by atoms with Gasteiger partial charge in [-0.15, -0.1) is 0 Å². The molecule has 4 heteroatoms. The van der Waals surface area contributed by atoms with E-state index in [1.165, 1.54) is 0 Å². The molecule has 1 atom stereocenters. The van der Waals surface area contributed by atoms with Gasteiger partial charge in [0.05, 0.1) is 5.92 Å². The maximum atomic E-state index is 12.6. The zero-order valence-electron chi connectivity index (χ0n) is 14.3. The predicted molar refractivity (Wildman–Crippen MR) is 113 cm³/mol. The van der Waals surface area contributed by atoms with Crippen LogP contribution in [0.1, 0.15) is 34.3 Å². The van der Waals surface area contributed by atoms with E-state index in [2.05, 4.69) is 27.9 Å². The fourth-order valence-corrected chi connectivity index (χ4v) is 3.22. The van der Waals surface area contributed by atoms with Gasteiger partial charge >= 0.3 is 0 Å². The van der Waals surface area contributed by atoms with Crippen LogP contribution in [-0.4, -0.2) is 11.7 Å². The van der Waals surface area contributed by atoms with Crippen LogP contribution in [0, 0.1) is 3.57 Å². The number of halogens is 1. The van der Waals surface area contributed by atoms with E-state index in [9.17, 15) is 9.59 Å². The fourth-order valence-electron chi connectivity index (χ4n) is 2.67. The second kappa shape index (κ2) is 8.27. The summed E-state index contributed by atoms with van der Waals surface area (Å²) in [4.78, 5) is 25.2. The third-order valence-electron chi connectivity index (χ3n) is 4.17. The molecule has 0 aliphatic carbocycles. The first-order valence-corrected chi connectivity index (χ1v) is 9.38. The lowest BCUT2D eigenvalue weighted by Gasteiger charge is -2.14. The average molecular weight is 455 g/mol. The Morgan fingerprint density at radius 1 is 0.846 bits per heavy atom. The largest absolute Gasteiger partial charge is 0.326 e. The molecule has 0 aromatic heterocycles. The second-order valence-corrected chi connectivity index (χ2v) is 7.29. The van der Waals surface area contributed by atoms with Gasteiger partial charge in [0.2, 0.25) is 5.91 Å². The van der Waals surface area contributed by atoms with Gasteiger partial charge < -0.3 is 5.32 Å². The van der Waals surface area contributed by atoms with E-state index >= 15 is 0 Å². The van der Waals surface area contributed by atoms with E-state index < -0.39 is 0 Å². The van der Waals surface area contributed by atoms with Gasteiger partial charge in [0.15, 0.2) is 5.78 Å². The molecule has 0 fully saturated rings. The molecule has 130 valence electrons. The molecule has 0 heterocycles. The molecule has 0 aliphatic heterocycles. The molecule has 0 bridgehead atoms. The van der Waals surface area contributed by atoms with Crippen LogP contribution < -0.4 is 5.32 Å². The SMILES string of the molecule is C[C@H](C(=O)Nc1cccc(I)c1)c1cccc(C(=O)c2ccccc2)c1. The van der Waals surface area contributed by atoms with Gasteiger partial charge in [-0.25, -0.2) is 0 Å². The maximum absolute atomic E-state index is 12.6. The molecule has 0 radical (unpaired) electrons. The highest BCUT2D eigenvalue weighted by molar-refractivity contribution is 14.1. The number of ketones is 1. The Morgan fingerprint density at radius 3 is 2.27 bits per heavy atom. The lowest BCUT2D eigenvalue weighted by atomic mass is 9.95. The molecule has 3 nitrogen and oxygen atoms in total. The van der Waals surface area contributed by atoms with Crippen molar-refractivity contribution in [2.24, 2.45) is 0 Å². The number of hydrogen-bond donors (Lipinski definition) is 1. The van der Waals surface area contributed by atoms with Gasteiger partial charge in [-0.1, -0.05) is 54.6 Å². The van der Waals surface area contributed by atoms with E-state index in [1.54, 1.807) is 24.3 Å². The van der Waals surface area contributed by atoms with Crippen LogP contribution in [0.15, 0.2) is 78.9 Å². The van der Waals surface area contributed by atoms with Crippen molar-refractivity contribution in [1.29, 1.82) is 0 Å². The number of benzene rings is 3. The molecule has 3 aromatic rings. The van der Waals surface area contributed by atoms with E-state index in [0.29, 0.717) is 11.1 Å². The highest BCUT2D eigenvalue weighted by atomic mass is 127. The smallest absolute Gasteiger partial charge is 0.231 e. The first kappa shape index (κ1) is 18.3. The van der Waals surface area contributed by atoms with Gasteiger partial charge in [-0.3, -0.25) is 9.59 Å². The number of anilines is 1. The molecule has 3 rings (SSSR count). The summed E-state index contributed by atoms with van der Waals surface area (Å²) in [5.74, 6) is -0.509. The van der Waals surface area contributed by atoms with Crippen molar-refractivity contribution < 1.29 is 9.59 Å². The van der Waals surface area contributed by atoms with Crippen molar-refractivity contribution in [1.82, 2.24) is 0 Å². The third kappa shape index (κ3) is 4.38. The van der Waals surface area contributed by atoms with Crippen LogP contribution in [0.2, 0.25) is 0 Å². The summed E-state index contributed by atoms with van der Waals surface area (Å²) in [7, 11) is 0. The highest BCUT2D eigenvalue weighted by Gasteiger charge is 2.17. The summed E-state index contributed by atoms with van der Waals surface area (Å²) in [6.07, 6.45) is 0. The predicted octanol–water partition coefficient (Wildman–Crippen LogP) is 5.26. The molecule has 0 saturated heterocycles. The van der Waals surface area contributed by atoms with Crippen LogP contribution in [0.25, 0.3) is 0 Å². The van der Waals surface area contributed by atoms with Gasteiger partial charge in [-0.05, 0) is 59.3 Å². The monoisotopic (exact) mass is 455 g/mol. The Labute approximate surface area is 166 Å². The Morgan fingerprint density at radius 2 is 1.54 bits per heavy atom. The summed E-state index contributed by atoms with van der Waals surface area (Å²) in [5.41, 5.74) is 2.81. The Bertz CT molecular complexity index is 938. The molecule has 1 amide bonds. The minimum atomic E-state index is -0.364. The van der Waals surface area contributed by atoms with Crippen molar-refractivity contribution in [3.05, 3.63) is 99.1 Å². The van der Waals surface area contributed by atoms with Crippen LogP contribution in [-0.2, 0) is 4.79 Å². The Balaban J connectivity index is 1.78. The van der Waals surface area contributed by atoms with E-state index in [-0.39, 0.29) is 17.6 Å². The number of amides is 1. The van der Waals surface area contributed by atoms with E-state index in [4.69, 9.17) is 0 Å². The van der Waals surface area contributed by atoms with Gasteiger partial charge in [0.1, 0.15) is 0 Å². The first-order chi connectivity index (χ1) is 12.5. The molecule has 0 saturated carbocycles. The average Bonchev–Trinajstić information content (AvgIpc) is 2.67. The van der Waals surface area contributed by atoms with Crippen molar-refractivity contribution in [3.8, 4) is 0 Å². The topological polar surface area (TPSA) is 46.2 Å². The number of carbonyl (C=O) groups is 2.